The highest BCUT2D eigenvalue weighted by Gasteiger charge is 2.42. The Labute approximate surface area is 301 Å². The highest BCUT2D eigenvalue weighted by molar-refractivity contribution is 5.96. The van der Waals surface area contributed by atoms with Crippen LogP contribution < -0.4 is 29.0 Å². The molecule has 11 nitrogen and oxygen atoms in total. The van der Waals surface area contributed by atoms with Crippen molar-refractivity contribution in [2.24, 2.45) is 0 Å². The van der Waals surface area contributed by atoms with Gasteiger partial charge in [-0.05, 0) is 81.1 Å². The minimum atomic E-state index is -0.261. The molecule has 4 aromatic rings. The monoisotopic (exact) mass is 697 g/mol. The molecule has 2 saturated heterocycles. The Balaban J connectivity index is 1.17. The van der Waals surface area contributed by atoms with Crippen LogP contribution in [0.25, 0.3) is 11.0 Å². The maximum atomic E-state index is 14.1. The second-order valence-corrected chi connectivity index (χ2v) is 13.4. The van der Waals surface area contributed by atoms with E-state index in [1.165, 1.54) is 0 Å². The molecule has 1 amide bonds. The molecular formula is C40H51N5O6. The number of carbonyl (C=O) groups is 1. The summed E-state index contributed by atoms with van der Waals surface area (Å²) >= 11 is 0. The molecule has 51 heavy (non-hydrogen) atoms. The summed E-state index contributed by atoms with van der Waals surface area (Å²) < 4.78 is 30.2. The maximum absolute atomic E-state index is 14.1. The molecule has 2 aliphatic heterocycles. The molecule has 0 spiro atoms. The molecule has 1 N–H and O–H groups in total. The number of methoxy groups -OCH3 is 5. The quantitative estimate of drug-likeness (QED) is 0.150. The van der Waals surface area contributed by atoms with E-state index in [0.29, 0.717) is 53.4 Å². The third kappa shape index (κ3) is 7.44. The molecule has 0 saturated carbocycles. The lowest BCUT2D eigenvalue weighted by Crippen LogP contribution is -2.42. The molecule has 0 bridgehead atoms. The van der Waals surface area contributed by atoms with Crippen LogP contribution in [0.5, 0.6) is 28.7 Å². The van der Waals surface area contributed by atoms with Gasteiger partial charge in [0, 0.05) is 49.7 Å². The summed E-state index contributed by atoms with van der Waals surface area (Å²) in [5.74, 6) is 3.62. The number of anilines is 1. The molecule has 3 heterocycles. The summed E-state index contributed by atoms with van der Waals surface area (Å²) in [6, 6.07) is 18.3. The molecule has 3 aromatic carbocycles. The van der Waals surface area contributed by atoms with Crippen LogP contribution in [0.4, 0.5) is 5.95 Å². The van der Waals surface area contributed by atoms with Crippen molar-refractivity contribution >= 4 is 22.9 Å². The number of nitrogens with zero attached hydrogens (tertiary/aromatic N) is 4. The Bertz CT molecular complexity index is 1820. The Kier molecular flexibility index (Phi) is 11.2. The normalized spacial score (nSPS) is 18.4. The molecule has 0 radical (unpaired) electrons. The van der Waals surface area contributed by atoms with E-state index in [0.717, 1.165) is 74.4 Å². The number of allylic oxidation sites excluding steroid dienone is 2. The number of hydrogen-bond acceptors (Lipinski definition) is 9. The topological polar surface area (TPSA) is 99.6 Å². The zero-order valence-electron chi connectivity index (χ0n) is 30.7. The molecule has 1 unspecified atom stereocenters. The first-order chi connectivity index (χ1) is 24.9. The molecular weight excluding hydrogens is 646 g/mol. The van der Waals surface area contributed by atoms with Crippen LogP contribution in [0.2, 0.25) is 0 Å². The number of ether oxygens (including phenoxy) is 5. The zero-order valence-corrected chi connectivity index (χ0v) is 30.7. The fraction of sp³-hybridized carbons (Fsp3) is 0.450. The van der Waals surface area contributed by atoms with Crippen molar-refractivity contribution in [1.29, 1.82) is 0 Å². The summed E-state index contributed by atoms with van der Waals surface area (Å²) in [6.45, 7) is 6.95. The first-order valence-corrected chi connectivity index (χ1v) is 17.7. The SMILES string of the molecule is CC=CCn1c(NC2CCN(CCC3(c4ccc(OC)c(OC)c4)CCN(C(=O)c4cc(OC)c(OC)c(OC)c4)C3)CC2)nc2ccccc21. The number of hydrogen-bond donors (Lipinski definition) is 1. The van der Waals surface area contributed by atoms with Gasteiger partial charge in [0.2, 0.25) is 11.7 Å². The minimum Gasteiger partial charge on any atom is -0.493 e. The van der Waals surface area contributed by atoms with E-state index in [1.54, 1.807) is 47.7 Å². The third-order valence-electron chi connectivity index (χ3n) is 10.6. The Morgan fingerprint density at radius 1 is 0.882 bits per heavy atom. The Hall–Kier alpha value is -4.90. The van der Waals surface area contributed by atoms with Gasteiger partial charge in [0.1, 0.15) is 0 Å². The number of nitrogens with one attached hydrogen (secondary N) is 1. The molecule has 11 heteroatoms. The van der Waals surface area contributed by atoms with E-state index >= 15 is 0 Å². The largest absolute Gasteiger partial charge is 0.493 e. The summed E-state index contributed by atoms with van der Waals surface area (Å²) in [5.41, 5.74) is 3.54. The van der Waals surface area contributed by atoms with E-state index in [-0.39, 0.29) is 11.3 Å². The van der Waals surface area contributed by atoms with Crippen molar-refractivity contribution in [2.45, 2.75) is 50.6 Å². The predicted octanol–water partition coefficient (Wildman–Crippen LogP) is 6.41. The van der Waals surface area contributed by atoms with Crippen molar-refractivity contribution in [2.75, 3.05) is 73.6 Å². The fourth-order valence-electron chi connectivity index (χ4n) is 7.62. The maximum Gasteiger partial charge on any atom is 0.254 e. The van der Waals surface area contributed by atoms with Gasteiger partial charge in [0.05, 0.1) is 46.6 Å². The number of benzene rings is 3. The lowest BCUT2D eigenvalue weighted by molar-refractivity contribution is 0.0779. The second kappa shape index (κ2) is 16.0. The lowest BCUT2D eigenvalue weighted by atomic mass is 9.76. The lowest BCUT2D eigenvalue weighted by Gasteiger charge is -2.36. The van der Waals surface area contributed by atoms with Crippen LogP contribution in [0, 0.1) is 0 Å². The summed E-state index contributed by atoms with van der Waals surface area (Å²) in [4.78, 5) is 23.5. The van der Waals surface area contributed by atoms with Crippen LogP contribution >= 0.6 is 0 Å². The Morgan fingerprint density at radius 3 is 2.25 bits per heavy atom. The van der Waals surface area contributed by atoms with Gasteiger partial charge in [-0.15, -0.1) is 0 Å². The number of amides is 1. The molecule has 2 fully saturated rings. The first kappa shape index (κ1) is 35.9. The van der Waals surface area contributed by atoms with Gasteiger partial charge in [-0.25, -0.2) is 4.98 Å². The van der Waals surface area contributed by atoms with Gasteiger partial charge in [-0.1, -0.05) is 30.4 Å². The number of piperidine rings is 1. The number of aromatic nitrogens is 2. The number of likely N-dealkylation sites (tertiary alicyclic amines) is 2. The van der Waals surface area contributed by atoms with Crippen molar-refractivity contribution < 1.29 is 28.5 Å². The smallest absolute Gasteiger partial charge is 0.254 e. The first-order valence-electron chi connectivity index (χ1n) is 17.7. The molecule has 2 aliphatic rings. The fourth-order valence-corrected chi connectivity index (χ4v) is 7.62. The summed E-state index contributed by atoms with van der Waals surface area (Å²) in [5, 5.41) is 3.78. The second-order valence-electron chi connectivity index (χ2n) is 13.4. The van der Waals surface area contributed by atoms with E-state index < -0.39 is 0 Å². The molecule has 0 aliphatic carbocycles. The highest BCUT2D eigenvalue weighted by Crippen LogP contribution is 2.43. The summed E-state index contributed by atoms with van der Waals surface area (Å²) in [6.07, 6.45) is 8.04. The van der Waals surface area contributed by atoms with Gasteiger partial charge in [0.25, 0.3) is 5.91 Å². The summed E-state index contributed by atoms with van der Waals surface area (Å²) in [7, 11) is 7.99. The average molecular weight is 698 g/mol. The van der Waals surface area contributed by atoms with E-state index in [1.807, 2.05) is 24.0 Å². The zero-order chi connectivity index (χ0) is 36.0. The van der Waals surface area contributed by atoms with Crippen molar-refractivity contribution in [3.63, 3.8) is 0 Å². The van der Waals surface area contributed by atoms with Gasteiger partial charge >= 0.3 is 0 Å². The van der Waals surface area contributed by atoms with Crippen LogP contribution in [0.3, 0.4) is 0 Å². The molecule has 1 atom stereocenters. The van der Waals surface area contributed by atoms with Crippen LogP contribution in [-0.2, 0) is 12.0 Å². The number of carbonyl (C=O) groups excluding carboxylic acids is 1. The van der Waals surface area contributed by atoms with Gasteiger partial charge in [-0.3, -0.25) is 4.79 Å². The molecule has 1 aromatic heterocycles. The predicted molar refractivity (Wildman–Crippen MR) is 200 cm³/mol. The number of imidazole rings is 1. The molecule has 272 valence electrons. The van der Waals surface area contributed by atoms with Gasteiger partial charge < -0.3 is 43.4 Å². The third-order valence-corrected chi connectivity index (χ3v) is 10.6. The van der Waals surface area contributed by atoms with Crippen molar-refractivity contribution in [3.05, 3.63) is 77.9 Å². The molecule has 6 rings (SSSR count). The van der Waals surface area contributed by atoms with Crippen molar-refractivity contribution in [3.8, 4) is 28.7 Å². The van der Waals surface area contributed by atoms with Gasteiger partial charge in [-0.2, -0.15) is 0 Å². The van der Waals surface area contributed by atoms with Gasteiger partial charge in [0.15, 0.2) is 23.0 Å². The number of fused-ring (bicyclic) bond motifs is 1. The van der Waals surface area contributed by atoms with E-state index in [4.69, 9.17) is 28.7 Å². The highest BCUT2D eigenvalue weighted by atomic mass is 16.5. The Morgan fingerprint density at radius 2 is 1.59 bits per heavy atom. The van der Waals surface area contributed by atoms with E-state index in [9.17, 15) is 4.79 Å². The van der Waals surface area contributed by atoms with Crippen LogP contribution in [0.1, 0.15) is 48.5 Å². The number of rotatable bonds is 14. The standard InChI is InChI=1S/C40H51N5O6/c1-7-8-19-45-32-12-10-9-11-31(32)42-39(45)41-30-15-20-43(21-16-30)22-17-40(29-13-14-33(47-2)34(26-29)48-3)18-23-44(27-40)38(46)28-24-35(49-4)37(51-6)36(25-28)50-5/h7-14,24-26,30H,15-23,27H2,1-6H3,(H,41,42). The van der Waals surface area contributed by atoms with Crippen LogP contribution in [0.15, 0.2) is 66.7 Å². The van der Waals surface area contributed by atoms with E-state index in [2.05, 4.69) is 57.3 Å². The number of para-hydroxylation sites is 2. The van der Waals surface area contributed by atoms with Crippen LogP contribution in [-0.4, -0.2) is 99.6 Å². The minimum absolute atomic E-state index is 0.0658. The van der Waals surface area contributed by atoms with Crippen molar-refractivity contribution in [1.82, 2.24) is 19.4 Å². The average Bonchev–Trinajstić information content (AvgIpc) is 3.77.